The Morgan fingerprint density at radius 2 is 1.48 bits per heavy atom. The zero-order chi connectivity index (χ0) is 16.5. The zero-order valence-corrected chi connectivity index (χ0v) is 14.8. The molecular formula is C21H34O2. The van der Waals surface area contributed by atoms with E-state index in [4.69, 9.17) is 5.11 Å². The monoisotopic (exact) mass is 318 g/mol. The molecule has 2 nitrogen and oxygen atoms in total. The number of allylic oxidation sites excluding steroid dienone is 3. The minimum absolute atomic E-state index is 0.817. The quantitative estimate of drug-likeness (QED) is 0.462. The van der Waals surface area contributed by atoms with Crippen LogP contribution in [-0.2, 0) is 4.79 Å². The Morgan fingerprint density at radius 1 is 0.913 bits per heavy atom. The summed E-state index contributed by atoms with van der Waals surface area (Å²) >= 11 is 0. The molecule has 0 aromatic heterocycles. The topological polar surface area (TPSA) is 37.3 Å². The van der Waals surface area contributed by atoms with Crippen molar-refractivity contribution in [3.63, 3.8) is 0 Å². The van der Waals surface area contributed by atoms with Crippen LogP contribution in [0.15, 0.2) is 24.3 Å². The fourth-order valence-corrected chi connectivity index (χ4v) is 4.74. The average Bonchev–Trinajstić information content (AvgIpc) is 2.56. The molecule has 2 rings (SSSR count). The van der Waals surface area contributed by atoms with Gasteiger partial charge in [0, 0.05) is 6.08 Å². The second-order valence-corrected chi connectivity index (χ2v) is 7.71. The number of carboxylic acids is 1. The number of carboxylic acid groups (broad SMARTS) is 1. The van der Waals surface area contributed by atoms with Gasteiger partial charge in [0.25, 0.3) is 0 Å². The molecule has 0 atom stereocenters. The summed E-state index contributed by atoms with van der Waals surface area (Å²) < 4.78 is 0. The normalized spacial score (nSPS) is 32.6. The number of hydrogen-bond donors (Lipinski definition) is 1. The van der Waals surface area contributed by atoms with Gasteiger partial charge < -0.3 is 5.11 Å². The largest absolute Gasteiger partial charge is 0.478 e. The number of rotatable bonds is 7. The molecule has 23 heavy (non-hydrogen) atoms. The lowest BCUT2D eigenvalue weighted by molar-refractivity contribution is -0.131. The van der Waals surface area contributed by atoms with E-state index in [1.54, 1.807) is 6.08 Å². The summed E-state index contributed by atoms with van der Waals surface area (Å²) in [5.41, 5.74) is 0. The van der Waals surface area contributed by atoms with Crippen molar-refractivity contribution in [1.29, 1.82) is 0 Å². The van der Waals surface area contributed by atoms with E-state index in [9.17, 15) is 4.79 Å². The maximum atomic E-state index is 10.4. The summed E-state index contributed by atoms with van der Waals surface area (Å²) in [5, 5.41) is 8.54. The van der Waals surface area contributed by atoms with Crippen molar-refractivity contribution in [3.8, 4) is 0 Å². The summed E-state index contributed by atoms with van der Waals surface area (Å²) in [5.74, 6) is 2.97. The second kappa shape index (κ2) is 9.95. The molecule has 2 fully saturated rings. The molecule has 2 saturated carbocycles. The molecule has 2 aliphatic carbocycles. The van der Waals surface area contributed by atoms with Gasteiger partial charge in [-0.1, -0.05) is 50.8 Å². The van der Waals surface area contributed by atoms with Crippen molar-refractivity contribution in [2.75, 3.05) is 0 Å². The van der Waals surface area contributed by atoms with Gasteiger partial charge in [-0.2, -0.15) is 0 Å². The van der Waals surface area contributed by atoms with Gasteiger partial charge in [-0.25, -0.2) is 4.79 Å². The van der Waals surface area contributed by atoms with Gasteiger partial charge in [0.05, 0.1) is 0 Å². The molecule has 0 amide bonds. The van der Waals surface area contributed by atoms with E-state index in [1.165, 1.54) is 70.3 Å². The van der Waals surface area contributed by atoms with E-state index in [0.717, 1.165) is 30.1 Å². The fourth-order valence-electron chi connectivity index (χ4n) is 4.74. The van der Waals surface area contributed by atoms with Crippen LogP contribution >= 0.6 is 0 Å². The van der Waals surface area contributed by atoms with Crippen molar-refractivity contribution < 1.29 is 9.90 Å². The highest BCUT2D eigenvalue weighted by Crippen LogP contribution is 2.42. The van der Waals surface area contributed by atoms with Crippen LogP contribution in [0.3, 0.4) is 0 Å². The van der Waals surface area contributed by atoms with Crippen LogP contribution in [0.4, 0.5) is 0 Å². The molecule has 0 spiro atoms. The van der Waals surface area contributed by atoms with E-state index >= 15 is 0 Å². The summed E-state index contributed by atoms with van der Waals surface area (Å²) in [6.45, 7) is 2.32. The maximum Gasteiger partial charge on any atom is 0.328 e. The molecule has 0 unspecified atom stereocenters. The van der Waals surface area contributed by atoms with Crippen molar-refractivity contribution in [3.05, 3.63) is 24.3 Å². The Bertz CT molecular complexity index is 394. The Kier molecular flexibility index (Phi) is 7.91. The predicted molar refractivity (Wildman–Crippen MR) is 96.3 cm³/mol. The smallest absolute Gasteiger partial charge is 0.328 e. The molecule has 2 aliphatic rings. The van der Waals surface area contributed by atoms with E-state index < -0.39 is 5.97 Å². The average molecular weight is 319 g/mol. The van der Waals surface area contributed by atoms with Crippen molar-refractivity contribution in [2.45, 2.75) is 77.6 Å². The third kappa shape index (κ3) is 6.53. The minimum Gasteiger partial charge on any atom is -0.478 e. The SMILES string of the molecule is CCC[C@H]1CC[C@H]([C@H]2CC[C@H](C/C=C/C=C/C(=O)O)CC2)CC1. The Hall–Kier alpha value is -1.05. The van der Waals surface area contributed by atoms with Gasteiger partial charge in [0.2, 0.25) is 0 Å². The van der Waals surface area contributed by atoms with Crippen LogP contribution in [0.1, 0.15) is 77.6 Å². The highest BCUT2D eigenvalue weighted by Gasteiger charge is 2.30. The molecule has 1 N–H and O–H groups in total. The molecular weight excluding hydrogens is 284 g/mol. The van der Waals surface area contributed by atoms with E-state index in [2.05, 4.69) is 13.0 Å². The van der Waals surface area contributed by atoms with Gasteiger partial charge in [-0.05, 0) is 68.6 Å². The van der Waals surface area contributed by atoms with Gasteiger partial charge in [-0.3, -0.25) is 0 Å². The lowest BCUT2D eigenvalue weighted by atomic mass is 9.68. The van der Waals surface area contributed by atoms with Crippen molar-refractivity contribution in [1.82, 2.24) is 0 Å². The molecule has 130 valence electrons. The third-order valence-corrected chi connectivity index (χ3v) is 6.10. The Balaban J connectivity index is 1.63. The molecule has 0 aliphatic heterocycles. The van der Waals surface area contributed by atoms with Crippen molar-refractivity contribution >= 4 is 5.97 Å². The second-order valence-electron chi connectivity index (χ2n) is 7.71. The first-order chi connectivity index (χ1) is 11.2. The Labute approximate surface area is 142 Å². The first-order valence-corrected chi connectivity index (χ1v) is 9.75. The van der Waals surface area contributed by atoms with Crippen LogP contribution in [0.25, 0.3) is 0 Å². The Morgan fingerprint density at radius 3 is 2.00 bits per heavy atom. The van der Waals surface area contributed by atoms with Gasteiger partial charge in [0.1, 0.15) is 0 Å². The molecule has 2 heteroatoms. The highest BCUT2D eigenvalue weighted by atomic mass is 16.4. The minimum atomic E-state index is -0.871. The lowest BCUT2D eigenvalue weighted by Crippen LogP contribution is -2.25. The third-order valence-electron chi connectivity index (χ3n) is 6.10. The zero-order valence-electron chi connectivity index (χ0n) is 14.8. The lowest BCUT2D eigenvalue weighted by Gasteiger charge is -2.37. The van der Waals surface area contributed by atoms with E-state index in [0.29, 0.717) is 0 Å². The van der Waals surface area contributed by atoms with Crippen LogP contribution in [-0.4, -0.2) is 11.1 Å². The van der Waals surface area contributed by atoms with Crippen LogP contribution in [0.2, 0.25) is 0 Å². The van der Waals surface area contributed by atoms with Gasteiger partial charge in [0.15, 0.2) is 0 Å². The summed E-state index contributed by atoms with van der Waals surface area (Å²) in [6.07, 6.45) is 22.3. The van der Waals surface area contributed by atoms with E-state index in [-0.39, 0.29) is 0 Å². The molecule has 0 aromatic carbocycles. The molecule has 0 saturated heterocycles. The number of aliphatic carboxylic acids is 1. The van der Waals surface area contributed by atoms with Crippen LogP contribution in [0.5, 0.6) is 0 Å². The number of carbonyl (C=O) groups is 1. The van der Waals surface area contributed by atoms with Crippen LogP contribution in [0, 0.1) is 23.7 Å². The standard InChI is InChI=1S/C21H34O2/c1-2-6-17-9-13-19(14-10-17)20-15-11-18(12-16-20)7-4-3-5-8-21(22)23/h3-5,8,17-20H,2,6-7,9-16H2,1H3,(H,22,23)/b4-3+,8-5+/t17-,18-,19-,20-. The fraction of sp³-hybridized carbons (Fsp3) is 0.762. The summed E-state index contributed by atoms with van der Waals surface area (Å²) in [7, 11) is 0. The molecule has 0 heterocycles. The van der Waals surface area contributed by atoms with E-state index in [1.807, 2.05) is 6.08 Å². The first-order valence-electron chi connectivity index (χ1n) is 9.75. The maximum absolute atomic E-state index is 10.4. The van der Waals surface area contributed by atoms with Gasteiger partial charge >= 0.3 is 5.97 Å². The molecule has 0 bridgehead atoms. The summed E-state index contributed by atoms with van der Waals surface area (Å²) in [4.78, 5) is 10.4. The van der Waals surface area contributed by atoms with Crippen molar-refractivity contribution in [2.24, 2.45) is 23.7 Å². The van der Waals surface area contributed by atoms with Crippen LogP contribution < -0.4 is 0 Å². The highest BCUT2D eigenvalue weighted by molar-refractivity contribution is 5.80. The number of hydrogen-bond acceptors (Lipinski definition) is 1. The van der Waals surface area contributed by atoms with Gasteiger partial charge in [-0.15, -0.1) is 0 Å². The predicted octanol–water partition coefficient (Wildman–Crippen LogP) is 5.99. The molecule has 0 radical (unpaired) electrons. The first kappa shape index (κ1) is 18.3. The molecule has 0 aromatic rings. The summed E-state index contributed by atoms with van der Waals surface area (Å²) in [6, 6.07) is 0.